The smallest absolute Gasteiger partial charge is 0.0683 e. The van der Waals surface area contributed by atoms with Crippen molar-refractivity contribution in [3.05, 3.63) is 0 Å². The molecule has 0 bridgehead atoms. The molecule has 3 aliphatic rings. The molecule has 2 aliphatic carbocycles. The van der Waals surface area contributed by atoms with Crippen molar-refractivity contribution >= 4 is 0 Å². The van der Waals surface area contributed by atoms with E-state index >= 15 is 0 Å². The molecule has 0 aromatic heterocycles. The van der Waals surface area contributed by atoms with Crippen LogP contribution in [0.1, 0.15) is 72.1 Å². The molecule has 0 radical (unpaired) electrons. The number of fused-ring (bicyclic) bond motifs is 1. The van der Waals surface area contributed by atoms with E-state index in [2.05, 4.69) is 20.8 Å². The van der Waals surface area contributed by atoms with E-state index < -0.39 is 0 Å². The zero-order valence-electron chi connectivity index (χ0n) is 12.5. The van der Waals surface area contributed by atoms with E-state index in [1.165, 1.54) is 51.4 Å². The van der Waals surface area contributed by atoms with Crippen LogP contribution in [0.3, 0.4) is 0 Å². The molecule has 1 heteroatoms. The summed E-state index contributed by atoms with van der Waals surface area (Å²) in [6.07, 6.45) is 11.0. The monoisotopic (exact) mass is 250 g/mol. The summed E-state index contributed by atoms with van der Waals surface area (Å²) in [5.74, 6) is 2.90. The lowest BCUT2D eigenvalue weighted by Gasteiger charge is -2.44. The van der Waals surface area contributed by atoms with Gasteiger partial charge in [0.25, 0.3) is 0 Å². The molecule has 0 amide bonds. The van der Waals surface area contributed by atoms with Gasteiger partial charge in [-0.2, -0.15) is 0 Å². The van der Waals surface area contributed by atoms with Gasteiger partial charge >= 0.3 is 0 Å². The first-order valence-electron chi connectivity index (χ1n) is 8.19. The molecule has 1 nitrogen and oxygen atoms in total. The summed E-state index contributed by atoms with van der Waals surface area (Å²) < 4.78 is 6.38. The predicted molar refractivity (Wildman–Crippen MR) is 75.5 cm³/mol. The van der Waals surface area contributed by atoms with Crippen LogP contribution in [-0.4, -0.2) is 12.2 Å². The average Bonchev–Trinajstić information content (AvgIpc) is 3.14. The first-order chi connectivity index (χ1) is 8.55. The topological polar surface area (TPSA) is 9.23 Å². The van der Waals surface area contributed by atoms with Crippen molar-refractivity contribution in [1.82, 2.24) is 0 Å². The van der Waals surface area contributed by atoms with Gasteiger partial charge in [-0.15, -0.1) is 0 Å². The van der Waals surface area contributed by atoms with Gasteiger partial charge < -0.3 is 4.74 Å². The molecule has 2 atom stereocenters. The van der Waals surface area contributed by atoms with Gasteiger partial charge in [0.2, 0.25) is 0 Å². The summed E-state index contributed by atoms with van der Waals surface area (Å²) in [5, 5.41) is 0. The molecule has 104 valence electrons. The van der Waals surface area contributed by atoms with Crippen molar-refractivity contribution in [2.75, 3.05) is 6.61 Å². The van der Waals surface area contributed by atoms with Gasteiger partial charge in [-0.1, -0.05) is 27.2 Å². The normalized spacial score (nSPS) is 44.5. The van der Waals surface area contributed by atoms with Crippen molar-refractivity contribution in [3.63, 3.8) is 0 Å². The fourth-order valence-corrected chi connectivity index (χ4v) is 4.28. The van der Waals surface area contributed by atoms with E-state index in [1.54, 1.807) is 0 Å². The van der Waals surface area contributed by atoms with Gasteiger partial charge in [-0.25, -0.2) is 0 Å². The fourth-order valence-electron chi connectivity index (χ4n) is 4.28. The molecule has 3 rings (SSSR count). The summed E-state index contributed by atoms with van der Waals surface area (Å²) in [6.45, 7) is 8.34. The van der Waals surface area contributed by atoms with Crippen LogP contribution in [0, 0.1) is 23.2 Å². The molecule has 1 aliphatic heterocycles. The highest BCUT2D eigenvalue weighted by Gasteiger charge is 2.47. The quantitative estimate of drug-likeness (QED) is 0.684. The number of ether oxygens (including phenoxy) is 1. The minimum atomic E-state index is 0.299. The highest BCUT2D eigenvalue weighted by molar-refractivity contribution is 4.97. The molecule has 2 saturated carbocycles. The van der Waals surface area contributed by atoms with Crippen LogP contribution in [0.4, 0.5) is 0 Å². The van der Waals surface area contributed by atoms with E-state index in [0.29, 0.717) is 11.0 Å². The maximum atomic E-state index is 6.38. The molecule has 0 aromatic rings. The van der Waals surface area contributed by atoms with E-state index in [9.17, 15) is 0 Å². The Kier molecular flexibility index (Phi) is 3.25. The van der Waals surface area contributed by atoms with Crippen LogP contribution in [0.25, 0.3) is 0 Å². The third kappa shape index (κ3) is 2.35. The van der Waals surface area contributed by atoms with Gasteiger partial charge in [0.1, 0.15) is 0 Å². The molecule has 0 N–H and O–H groups in total. The summed E-state index contributed by atoms with van der Waals surface area (Å²) in [4.78, 5) is 0. The van der Waals surface area contributed by atoms with Gasteiger partial charge in [-0.3, -0.25) is 0 Å². The zero-order valence-corrected chi connectivity index (χ0v) is 12.5. The SMILES string of the molecule is CCC(C)(C)C1CCC2(CC1)CC[C@@H]1C[C@@H]1CO2. The molecule has 3 fully saturated rings. The third-order valence-corrected chi connectivity index (χ3v) is 6.56. The largest absolute Gasteiger partial charge is 0.375 e. The average molecular weight is 250 g/mol. The number of rotatable bonds is 2. The highest BCUT2D eigenvalue weighted by atomic mass is 16.5. The van der Waals surface area contributed by atoms with Crippen molar-refractivity contribution in [2.45, 2.75) is 77.7 Å². The van der Waals surface area contributed by atoms with Crippen LogP contribution in [0.2, 0.25) is 0 Å². The second-order valence-corrected chi connectivity index (χ2v) is 7.90. The van der Waals surface area contributed by atoms with Crippen LogP contribution in [-0.2, 0) is 4.74 Å². The van der Waals surface area contributed by atoms with Gasteiger partial charge in [0, 0.05) is 0 Å². The van der Waals surface area contributed by atoms with Crippen LogP contribution in [0.15, 0.2) is 0 Å². The van der Waals surface area contributed by atoms with E-state index in [0.717, 1.165) is 24.4 Å². The Morgan fingerprint density at radius 1 is 1.06 bits per heavy atom. The van der Waals surface area contributed by atoms with Gasteiger partial charge in [0.15, 0.2) is 0 Å². The first kappa shape index (κ1) is 13.0. The second kappa shape index (κ2) is 4.51. The minimum Gasteiger partial charge on any atom is -0.375 e. The molecule has 1 saturated heterocycles. The maximum Gasteiger partial charge on any atom is 0.0683 e. The fraction of sp³-hybridized carbons (Fsp3) is 1.00. The lowest BCUT2D eigenvalue weighted by atomic mass is 9.65. The molecule has 1 spiro atoms. The number of hydrogen-bond donors (Lipinski definition) is 0. The van der Waals surface area contributed by atoms with E-state index in [1.807, 2.05) is 0 Å². The van der Waals surface area contributed by atoms with Gasteiger partial charge in [-0.05, 0) is 68.1 Å². The minimum absolute atomic E-state index is 0.299. The van der Waals surface area contributed by atoms with E-state index in [4.69, 9.17) is 4.74 Å². The summed E-state index contributed by atoms with van der Waals surface area (Å²) in [7, 11) is 0. The Morgan fingerprint density at radius 2 is 1.72 bits per heavy atom. The molecular weight excluding hydrogens is 220 g/mol. The Balaban J connectivity index is 1.58. The Bertz CT molecular complexity index is 285. The second-order valence-electron chi connectivity index (χ2n) is 7.90. The van der Waals surface area contributed by atoms with Crippen molar-refractivity contribution in [3.8, 4) is 0 Å². The summed E-state index contributed by atoms with van der Waals surface area (Å²) in [6, 6.07) is 0. The third-order valence-electron chi connectivity index (χ3n) is 6.56. The molecular formula is C17H30O. The Morgan fingerprint density at radius 3 is 2.39 bits per heavy atom. The lowest BCUT2D eigenvalue weighted by molar-refractivity contribution is -0.0906. The zero-order chi connectivity index (χ0) is 12.8. The highest BCUT2D eigenvalue weighted by Crippen LogP contribution is 2.52. The Hall–Kier alpha value is -0.0400. The molecule has 0 aromatic carbocycles. The molecule has 1 heterocycles. The standard InChI is InChI=1S/C17H30O/c1-4-16(2,3)15-6-9-17(10-7-15)8-5-13-11-14(13)12-18-17/h13-15H,4-12H2,1-3H3/t13-,14-,15?,17?/m1/s1. The van der Waals surface area contributed by atoms with Crippen LogP contribution >= 0.6 is 0 Å². The maximum absolute atomic E-state index is 6.38. The first-order valence-corrected chi connectivity index (χ1v) is 8.19. The molecule has 18 heavy (non-hydrogen) atoms. The summed E-state index contributed by atoms with van der Waals surface area (Å²) >= 11 is 0. The van der Waals surface area contributed by atoms with Crippen molar-refractivity contribution < 1.29 is 4.74 Å². The Labute approximate surface area is 113 Å². The lowest BCUT2D eigenvalue weighted by Crippen LogP contribution is -2.40. The van der Waals surface area contributed by atoms with Crippen molar-refractivity contribution in [2.24, 2.45) is 23.2 Å². The van der Waals surface area contributed by atoms with Crippen LogP contribution < -0.4 is 0 Å². The molecule has 0 unspecified atom stereocenters. The van der Waals surface area contributed by atoms with Gasteiger partial charge in [0.05, 0.1) is 12.2 Å². The van der Waals surface area contributed by atoms with Crippen LogP contribution in [0.5, 0.6) is 0 Å². The number of hydrogen-bond acceptors (Lipinski definition) is 1. The predicted octanol–water partition coefficient (Wildman–Crippen LogP) is 4.80. The van der Waals surface area contributed by atoms with E-state index in [-0.39, 0.29) is 0 Å². The van der Waals surface area contributed by atoms with Crippen molar-refractivity contribution in [1.29, 1.82) is 0 Å². The summed E-state index contributed by atoms with van der Waals surface area (Å²) in [5.41, 5.74) is 0.836.